The molecule has 3 atom stereocenters. The molecular formula is C17H23NO3. The number of hydrogen-bond acceptors (Lipinski definition) is 2. The van der Waals surface area contributed by atoms with E-state index in [1.807, 2.05) is 44.2 Å². The van der Waals surface area contributed by atoms with Gasteiger partial charge in [0.15, 0.2) is 0 Å². The first kappa shape index (κ1) is 15.5. The Morgan fingerprint density at radius 1 is 1.19 bits per heavy atom. The lowest BCUT2D eigenvalue weighted by Crippen LogP contribution is -2.38. The van der Waals surface area contributed by atoms with Crippen molar-refractivity contribution in [3.8, 4) is 0 Å². The van der Waals surface area contributed by atoms with Crippen molar-refractivity contribution in [2.45, 2.75) is 45.1 Å². The third-order valence-corrected chi connectivity index (χ3v) is 4.24. The topological polar surface area (TPSA) is 66.4 Å². The molecule has 1 aromatic carbocycles. The van der Waals surface area contributed by atoms with Gasteiger partial charge in [0.1, 0.15) is 0 Å². The van der Waals surface area contributed by atoms with Crippen LogP contribution in [-0.2, 0) is 9.59 Å². The number of amides is 1. The van der Waals surface area contributed by atoms with Gasteiger partial charge in [-0.05, 0) is 30.7 Å². The molecule has 1 aromatic rings. The fourth-order valence-corrected chi connectivity index (χ4v) is 3.13. The maximum Gasteiger partial charge on any atom is 0.306 e. The summed E-state index contributed by atoms with van der Waals surface area (Å²) in [5.74, 6) is -1.05. The Hall–Kier alpha value is -1.84. The maximum absolute atomic E-state index is 12.6. The third kappa shape index (κ3) is 3.84. The Morgan fingerprint density at radius 2 is 1.86 bits per heavy atom. The predicted octanol–water partition coefficient (Wildman–Crippen LogP) is 2.80. The predicted molar refractivity (Wildman–Crippen MR) is 80.9 cm³/mol. The summed E-state index contributed by atoms with van der Waals surface area (Å²) in [6, 6.07) is 9.75. The number of nitrogens with one attached hydrogen (secondary N) is 1. The van der Waals surface area contributed by atoms with E-state index in [2.05, 4.69) is 5.32 Å². The normalized spacial score (nSPS) is 23.0. The Balaban J connectivity index is 2.02. The average Bonchev–Trinajstić information content (AvgIpc) is 2.88. The molecule has 0 radical (unpaired) electrons. The Bertz CT molecular complexity index is 498. The largest absolute Gasteiger partial charge is 0.481 e. The van der Waals surface area contributed by atoms with E-state index in [9.17, 15) is 9.59 Å². The standard InChI is InChI=1S/C17H23NO3/c1-11(2)15(12-6-4-3-5-7-12)16(19)18-14-9-8-13(10-14)17(20)21/h3-7,11,13-15H,8-10H2,1-2H3,(H,18,19)(H,20,21). The summed E-state index contributed by atoms with van der Waals surface area (Å²) in [5.41, 5.74) is 1.01. The second-order valence-electron chi connectivity index (χ2n) is 6.19. The molecule has 1 aliphatic rings. The molecule has 0 aromatic heterocycles. The molecule has 4 nitrogen and oxygen atoms in total. The van der Waals surface area contributed by atoms with E-state index in [1.54, 1.807) is 0 Å². The first-order valence-electron chi connectivity index (χ1n) is 7.57. The summed E-state index contributed by atoms with van der Waals surface area (Å²) in [4.78, 5) is 23.5. The highest BCUT2D eigenvalue weighted by molar-refractivity contribution is 5.84. The highest BCUT2D eigenvalue weighted by Crippen LogP contribution is 2.28. The number of carbonyl (C=O) groups is 2. The van der Waals surface area contributed by atoms with Crippen LogP contribution in [0.15, 0.2) is 30.3 Å². The lowest BCUT2D eigenvalue weighted by Gasteiger charge is -2.23. The van der Waals surface area contributed by atoms with Crippen LogP contribution in [0.25, 0.3) is 0 Å². The fraction of sp³-hybridized carbons (Fsp3) is 0.529. The van der Waals surface area contributed by atoms with Crippen LogP contribution in [0.3, 0.4) is 0 Å². The molecular weight excluding hydrogens is 266 g/mol. The number of rotatable bonds is 5. The minimum atomic E-state index is -0.754. The van der Waals surface area contributed by atoms with Crippen LogP contribution in [0.2, 0.25) is 0 Å². The molecule has 1 saturated carbocycles. The summed E-state index contributed by atoms with van der Waals surface area (Å²) in [5, 5.41) is 12.1. The van der Waals surface area contributed by atoms with Gasteiger partial charge in [-0.3, -0.25) is 9.59 Å². The number of hydrogen-bond donors (Lipinski definition) is 2. The summed E-state index contributed by atoms with van der Waals surface area (Å²) >= 11 is 0. The van der Waals surface area contributed by atoms with Gasteiger partial charge in [-0.2, -0.15) is 0 Å². The lowest BCUT2D eigenvalue weighted by molar-refractivity contribution is -0.141. The van der Waals surface area contributed by atoms with Crippen LogP contribution < -0.4 is 5.32 Å². The Labute approximate surface area is 125 Å². The number of carbonyl (C=O) groups excluding carboxylic acids is 1. The zero-order valence-electron chi connectivity index (χ0n) is 12.6. The minimum Gasteiger partial charge on any atom is -0.481 e. The van der Waals surface area contributed by atoms with Crippen molar-refractivity contribution in [3.05, 3.63) is 35.9 Å². The van der Waals surface area contributed by atoms with Crippen molar-refractivity contribution in [1.82, 2.24) is 5.32 Å². The smallest absolute Gasteiger partial charge is 0.306 e. The van der Waals surface area contributed by atoms with E-state index in [4.69, 9.17) is 5.11 Å². The Morgan fingerprint density at radius 3 is 2.38 bits per heavy atom. The fourth-order valence-electron chi connectivity index (χ4n) is 3.13. The van der Waals surface area contributed by atoms with Gasteiger partial charge in [0, 0.05) is 6.04 Å². The van der Waals surface area contributed by atoms with Crippen molar-refractivity contribution in [3.63, 3.8) is 0 Å². The van der Waals surface area contributed by atoms with E-state index < -0.39 is 5.97 Å². The molecule has 3 unspecified atom stereocenters. The third-order valence-electron chi connectivity index (χ3n) is 4.24. The summed E-state index contributed by atoms with van der Waals surface area (Å²) in [6.07, 6.45) is 1.95. The summed E-state index contributed by atoms with van der Waals surface area (Å²) in [6.45, 7) is 4.07. The molecule has 2 rings (SSSR count). The van der Waals surface area contributed by atoms with Gasteiger partial charge >= 0.3 is 5.97 Å². The van der Waals surface area contributed by atoms with Crippen LogP contribution in [0.5, 0.6) is 0 Å². The number of carboxylic acid groups (broad SMARTS) is 1. The van der Waals surface area contributed by atoms with Gasteiger partial charge < -0.3 is 10.4 Å². The number of carboxylic acids is 1. The SMILES string of the molecule is CC(C)C(C(=O)NC1CCC(C(=O)O)C1)c1ccccc1. The molecule has 1 aliphatic carbocycles. The Kier molecular flexibility index (Phi) is 4.99. The van der Waals surface area contributed by atoms with Crippen LogP contribution in [0.4, 0.5) is 0 Å². The van der Waals surface area contributed by atoms with Crippen molar-refractivity contribution in [2.75, 3.05) is 0 Å². The van der Waals surface area contributed by atoms with Crippen molar-refractivity contribution in [2.24, 2.45) is 11.8 Å². The van der Waals surface area contributed by atoms with Crippen LogP contribution in [0.1, 0.15) is 44.6 Å². The summed E-state index contributed by atoms with van der Waals surface area (Å²) < 4.78 is 0. The van der Waals surface area contributed by atoms with Gasteiger partial charge in [-0.1, -0.05) is 44.2 Å². The van der Waals surface area contributed by atoms with E-state index in [-0.39, 0.29) is 29.7 Å². The van der Waals surface area contributed by atoms with E-state index in [0.717, 1.165) is 12.0 Å². The zero-order chi connectivity index (χ0) is 15.4. The van der Waals surface area contributed by atoms with Gasteiger partial charge in [-0.15, -0.1) is 0 Å². The van der Waals surface area contributed by atoms with Gasteiger partial charge in [-0.25, -0.2) is 0 Å². The number of benzene rings is 1. The van der Waals surface area contributed by atoms with E-state index in [1.165, 1.54) is 0 Å². The van der Waals surface area contributed by atoms with Crippen molar-refractivity contribution in [1.29, 1.82) is 0 Å². The highest BCUT2D eigenvalue weighted by Gasteiger charge is 2.32. The first-order valence-corrected chi connectivity index (χ1v) is 7.57. The molecule has 0 spiro atoms. The molecule has 0 heterocycles. The minimum absolute atomic E-state index is 0.00670. The second kappa shape index (κ2) is 6.74. The van der Waals surface area contributed by atoms with Crippen LogP contribution >= 0.6 is 0 Å². The molecule has 4 heteroatoms. The molecule has 1 fully saturated rings. The summed E-state index contributed by atoms with van der Waals surface area (Å²) in [7, 11) is 0. The quantitative estimate of drug-likeness (QED) is 0.876. The monoisotopic (exact) mass is 289 g/mol. The van der Waals surface area contributed by atoms with Crippen LogP contribution in [0, 0.1) is 11.8 Å². The molecule has 0 saturated heterocycles. The number of aliphatic carboxylic acids is 1. The van der Waals surface area contributed by atoms with E-state index >= 15 is 0 Å². The van der Waals surface area contributed by atoms with E-state index in [0.29, 0.717) is 12.8 Å². The van der Waals surface area contributed by atoms with Crippen molar-refractivity contribution >= 4 is 11.9 Å². The zero-order valence-corrected chi connectivity index (χ0v) is 12.6. The second-order valence-corrected chi connectivity index (χ2v) is 6.19. The molecule has 21 heavy (non-hydrogen) atoms. The molecule has 1 amide bonds. The lowest BCUT2D eigenvalue weighted by atomic mass is 9.87. The van der Waals surface area contributed by atoms with Gasteiger partial charge in [0.05, 0.1) is 11.8 Å². The first-order chi connectivity index (χ1) is 9.99. The van der Waals surface area contributed by atoms with Gasteiger partial charge in [0.2, 0.25) is 5.91 Å². The molecule has 2 N–H and O–H groups in total. The molecule has 0 bridgehead atoms. The van der Waals surface area contributed by atoms with Gasteiger partial charge in [0.25, 0.3) is 0 Å². The average molecular weight is 289 g/mol. The molecule has 0 aliphatic heterocycles. The van der Waals surface area contributed by atoms with Crippen LogP contribution in [-0.4, -0.2) is 23.0 Å². The molecule has 114 valence electrons. The maximum atomic E-state index is 12.6. The van der Waals surface area contributed by atoms with Crippen molar-refractivity contribution < 1.29 is 14.7 Å². The highest BCUT2D eigenvalue weighted by atomic mass is 16.4.